The van der Waals surface area contributed by atoms with Crippen molar-refractivity contribution in [2.24, 2.45) is 0 Å². The number of rotatable bonds is 7. The van der Waals surface area contributed by atoms with Crippen LogP contribution in [0.15, 0.2) is 17.5 Å². The van der Waals surface area contributed by atoms with E-state index in [4.69, 9.17) is 5.11 Å². The lowest BCUT2D eigenvalue weighted by Gasteiger charge is -2.13. The normalized spacial score (nSPS) is 11.6. The van der Waals surface area contributed by atoms with Crippen molar-refractivity contribution in [1.29, 1.82) is 0 Å². The summed E-state index contributed by atoms with van der Waals surface area (Å²) in [6, 6.07) is 2.48. The van der Waals surface area contributed by atoms with Crippen LogP contribution in [0, 0.1) is 0 Å². The number of hydrogen-bond acceptors (Lipinski definition) is 4. The molecule has 7 heteroatoms. The minimum Gasteiger partial charge on any atom is -0.480 e. The first-order valence-corrected chi connectivity index (χ1v) is 6.76. The summed E-state index contributed by atoms with van der Waals surface area (Å²) in [5.41, 5.74) is 0. The van der Waals surface area contributed by atoms with Gasteiger partial charge in [0.1, 0.15) is 6.04 Å². The van der Waals surface area contributed by atoms with Gasteiger partial charge >= 0.3 is 5.97 Å². The first-order chi connectivity index (χ1) is 9.04. The molecule has 1 rings (SSSR count). The number of hydrogen-bond donors (Lipinski definition) is 3. The van der Waals surface area contributed by atoms with Crippen LogP contribution in [-0.4, -0.2) is 35.5 Å². The highest BCUT2D eigenvalue weighted by atomic mass is 32.1. The lowest BCUT2D eigenvalue weighted by molar-refractivity contribution is -0.141. The van der Waals surface area contributed by atoms with Gasteiger partial charge in [0.25, 0.3) is 5.91 Å². The Morgan fingerprint density at radius 2 is 2.16 bits per heavy atom. The lowest BCUT2D eigenvalue weighted by atomic mass is 10.1. The Morgan fingerprint density at radius 3 is 2.68 bits per heavy atom. The summed E-state index contributed by atoms with van der Waals surface area (Å²) in [5.74, 6) is -1.92. The highest BCUT2D eigenvalue weighted by molar-refractivity contribution is 7.12. The first-order valence-electron chi connectivity index (χ1n) is 5.88. The average molecular weight is 284 g/mol. The summed E-state index contributed by atoms with van der Waals surface area (Å²) in [5, 5.41) is 15.4. The number of carbonyl (C=O) groups is 3. The Kier molecular flexibility index (Phi) is 6.01. The van der Waals surface area contributed by atoms with Gasteiger partial charge in [0.05, 0.1) is 11.4 Å². The predicted octanol–water partition coefficient (Wildman–Crippen LogP) is 0.847. The molecule has 0 unspecified atom stereocenters. The second kappa shape index (κ2) is 7.52. The number of amides is 2. The Balaban J connectivity index is 2.38. The van der Waals surface area contributed by atoms with Crippen LogP contribution in [0.3, 0.4) is 0 Å². The molecule has 0 radical (unpaired) electrons. The fraction of sp³-hybridized carbons (Fsp3) is 0.417. The van der Waals surface area contributed by atoms with Crippen LogP contribution in [0.5, 0.6) is 0 Å². The second-order valence-corrected chi connectivity index (χ2v) is 4.85. The molecule has 1 atom stereocenters. The molecule has 2 amide bonds. The molecule has 6 nitrogen and oxygen atoms in total. The summed E-state index contributed by atoms with van der Waals surface area (Å²) in [6.45, 7) is 1.60. The van der Waals surface area contributed by atoms with Crippen molar-refractivity contribution in [3.63, 3.8) is 0 Å². The number of nitrogens with one attached hydrogen (secondary N) is 2. The molecule has 0 aliphatic rings. The van der Waals surface area contributed by atoms with E-state index in [1.807, 2.05) is 6.92 Å². The van der Waals surface area contributed by atoms with E-state index < -0.39 is 17.9 Å². The molecule has 19 heavy (non-hydrogen) atoms. The molecule has 104 valence electrons. The Labute approximate surface area is 114 Å². The molecule has 0 aliphatic carbocycles. The third-order valence-corrected chi connectivity index (χ3v) is 3.23. The van der Waals surface area contributed by atoms with Gasteiger partial charge in [0, 0.05) is 0 Å². The lowest BCUT2D eigenvalue weighted by Crippen LogP contribution is -2.45. The summed E-state index contributed by atoms with van der Waals surface area (Å²) >= 11 is 1.27. The molecule has 1 aromatic rings. The summed E-state index contributed by atoms with van der Waals surface area (Å²) in [6.07, 6.45) is 1.01. The molecule has 0 aromatic carbocycles. The van der Waals surface area contributed by atoms with Gasteiger partial charge in [0.2, 0.25) is 5.91 Å². The first kappa shape index (κ1) is 15.2. The highest BCUT2D eigenvalue weighted by Gasteiger charge is 2.19. The van der Waals surface area contributed by atoms with E-state index >= 15 is 0 Å². The fourth-order valence-electron chi connectivity index (χ4n) is 1.45. The fourth-order valence-corrected chi connectivity index (χ4v) is 2.09. The van der Waals surface area contributed by atoms with Crippen molar-refractivity contribution >= 4 is 29.1 Å². The maximum atomic E-state index is 11.6. The van der Waals surface area contributed by atoms with E-state index in [-0.39, 0.29) is 12.5 Å². The van der Waals surface area contributed by atoms with E-state index in [0.29, 0.717) is 17.7 Å². The van der Waals surface area contributed by atoms with Crippen LogP contribution in [0.2, 0.25) is 0 Å². The van der Waals surface area contributed by atoms with Gasteiger partial charge in [-0.05, 0) is 17.9 Å². The van der Waals surface area contributed by atoms with E-state index in [0.717, 1.165) is 0 Å². The molecule has 0 spiro atoms. The average Bonchev–Trinajstić information content (AvgIpc) is 2.89. The Hall–Kier alpha value is -1.89. The molecule has 0 aliphatic heterocycles. The molecule has 0 bridgehead atoms. The Bertz CT molecular complexity index is 445. The number of carboxylic acids is 1. The van der Waals surface area contributed by atoms with Crippen molar-refractivity contribution < 1.29 is 19.5 Å². The van der Waals surface area contributed by atoms with Crippen molar-refractivity contribution in [2.75, 3.05) is 6.54 Å². The minimum atomic E-state index is -1.07. The van der Waals surface area contributed by atoms with Crippen LogP contribution >= 0.6 is 11.3 Å². The van der Waals surface area contributed by atoms with Crippen molar-refractivity contribution in [1.82, 2.24) is 10.6 Å². The van der Waals surface area contributed by atoms with Crippen LogP contribution in [0.25, 0.3) is 0 Å². The summed E-state index contributed by atoms with van der Waals surface area (Å²) in [4.78, 5) is 34.4. The third-order valence-electron chi connectivity index (χ3n) is 2.37. The van der Waals surface area contributed by atoms with E-state index in [2.05, 4.69) is 10.6 Å². The predicted molar refractivity (Wildman–Crippen MR) is 71.1 cm³/mol. The molecule has 1 heterocycles. The topological polar surface area (TPSA) is 95.5 Å². The largest absolute Gasteiger partial charge is 0.480 e. The number of carboxylic acid groups (broad SMARTS) is 1. The monoisotopic (exact) mass is 284 g/mol. The maximum absolute atomic E-state index is 11.6. The van der Waals surface area contributed by atoms with Crippen molar-refractivity contribution in [3.8, 4) is 0 Å². The smallest absolute Gasteiger partial charge is 0.326 e. The van der Waals surface area contributed by atoms with Gasteiger partial charge in [-0.3, -0.25) is 9.59 Å². The molecule has 0 saturated carbocycles. The van der Waals surface area contributed by atoms with Crippen molar-refractivity contribution in [3.05, 3.63) is 22.4 Å². The van der Waals surface area contributed by atoms with Crippen LogP contribution in [-0.2, 0) is 9.59 Å². The molecule has 0 fully saturated rings. The van der Waals surface area contributed by atoms with Crippen molar-refractivity contribution in [2.45, 2.75) is 25.8 Å². The highest BCUT2D eigenvalue weighted by Crippen LogP contribution is 2.07. The molecular formula is C12H16N2O4S. The third kappa shape index (κ3) is 5.09. The van der Waals surface area contributed by atoms with E-state index in [9.17, 15) is 14.4 Å². The molecular weight excluding hydrogens is 268 g/mol. The van der Waals surface area contributed by atoms with Gasteiger partial charge in [-0.2, -0.15) is 0 Å². The quantitative estimate of drug-likeness (QED) is 0.691. The molecule has 0 saturated heterocycles. The van der Waals surface area contributed by atoms with Gasteiger partial charge in [-0.25, -0.2) is 4.79 Å². The second-order valence-electron chi connectivity index (χ2n) is 3.91. The van der Waals surface area contributed by atoms with Crippen LogP contribution in [0.4, 0.5) is 0 Å². The zero-order valence-corrected chi connectivity index (χ0v) is 11.3. The van der Waals surface area contributed by atoms with Gasteiger partial charge in [0.15, 0.2) is 0 Å². The number of aliphatic carboxylic acids is 1. The maximum Gasteiger partial charge on any atom is 0.326 e. The minimum absolute atomic E-state index is 0.232. The SMILES string of the molecule is CCC[C@H](NC(=O)CNC(=O)c1cccs1)C(=O)O. The van der Waals surface area contributed by atoms with E-state index in [1.165, 1.54) is 11.3 Å². The zero-order chi connectivity index (χ0) is 14.3. The standard InChI is InChI=1S/C12H16N2O4S/c1-2-4-8(12(17)18)14-10(15)7-13-11(16)9-5-3-6-19-9/h3,5-6,8H,2,4,7H2,1H3,(H,13,16)(H,14,15)(H,17,18)/t8-/m0/s1. The van der Waals surface area contributed by atoms with Crippen LogP contribution < -0.4 is 10.6 Å². The van der Waals surface area contributed by atoms with E-state index in [1.54, 1.807) is 17.5 Å². The molecule has 1 aromatic heterocycles. The summed E-state index contributed by atoms with van der Waals surface area (Å²) < 4.78 is 0. The molecule has 3 N–H and O–H groups in total. The van der Waals surface area contributed by atoms with Crippen LogP contribution in [0.1, 0.15) is 29.4 Å². The van der Waals surface area contributed by atoms with Gasteiger partial charge in [-0.15, -0.1) is 11.3 Å². The number of thiophene rings is 1. The van der Waals surface area contributed by atoms with Gasteiger partial charge < -0.3 is 15.7 Å². The summed E-state index contributed by atoms with van der Waals surface area (Å²) in [7, 11) is 0. The van der Waals surface area contributed by atoms with Gasteiger partial charge in [-0.1, -0.05) is 19.4 Å². The number of carbonyl (C=O) groups excluding carboxylic acids is 2. The Morgan fingerprint density at radius 1 is 1.42 bits per heavy atom. The zero-order valence-electron chi connectivity index (χ0n) is 10.5.